The van der Waals surface area contributed by atoms with E-state index in [1.807, 2.05) is 26.0 Å². The third kappa shape index (κ3) is 3.84. The molecule has 0 bridgehead atoms. The van der Waals surface area contributed by atoms with E-state index >= 15 is 0 Å². The van der Waals surface area contributed by atoms with E-state index in [-0.39, 0.29) is 6.04 Å². The monoisotopic (exact) mass is 310 g/mol. The molecule has 0 aromatic heterocycles. The summed E-state index contributed by atoms with van der Waals surface area (Å²) in [7, 11) is -1.77. The number of aryl methyl sites for hydroxylation is 1. The molecule has 1 aromatic carbocycles. The van der Waals surface area contributed by atoms with Crippen LogP contribution >= 0.6 is 0 Å². The summed E-state index contributed by atoms with van der Waals surface area (Å²) in [6.45, 7) is 6.62. The summed E-state index contributed by atoms with van der Waals surface area (Å²) in [4.78, 5) is 0.392. The van der Waals surface area contributed by atoms with Crippen molar-refractivity contribution in [2.24, 2.45) is 0 Å². The molecule has 0 atom stereocenters. The molecule has 0 saturated heterocycles. The van der Waals surface area contributed by atoms with Gasteiger partial charge in [-0.1, -0.05) is 13.0 Å². The Hall–Kier alpha value is -0.910. The van der Waals surface area contributed by atoms with Gasteiger partial charge in [0, 0.05) is 25.7 Å². The Kier molecular flexibility index (Phi) is 5.07. The van der Waals surface area contributed by atoms with Crippen LogP contribution < -0.4 is 5.32 Å². The fraction of sp³-hybridized carbons (Fsp3) is 0.625. The standard InChI is InChI=1S/C16H26N2O2S/c1-5-13-6-9-16(21(19,20)18(4)12(2)3)10-14(13)11-17-15-7-8-15/h6,9-10,12,15,17H,5,7-8,11H2,1-4H3. The maximum absolute atomic E-state index is 12.6. The number of rotatable bonds is 7. The molecule has 1 aromatic rings. The second-order valence-corrected chi connectivity index (χ2v) is 8.05. The van der Waals surface area contributed by atoms with Gasteiger partial charge in [-0.05, 0) is 56.4 Å². The first kappa shape index (κ1) is 16.5. The first-order valence-corrected chi connectivity index (χ1v) is 9.13. The SMILES string of the molecule is CCc1ccc(S(=O)(=O)N(C)C(C)C)cc1CNC1CC1. The summed E-state index contributed by atoms with van der Waals surface area (Å²) < 4.78 is 26.6. The third-order valence-corrected chi connectivity index (χ3v) is 6.15. The lowest BCUT2D eigenvalue weighted by Gasteiger charge is -2.22. The molecule has 0 aliphatic heterocycles. The van der Waals surface area contributed by atoms with Crippen molar-refractivity contribution in [1.29, 1.82) is 0 Å². The minimum absolute atomic E-state index is 0.0473. The van der Waals surface area contributed by atoms with E-state index < -0.39 is 10.0 Å². The minimum Gasteiger partial charge on any atom is -0.310 e. The molecular weight excluding hydrogens is 284 g/mol. The molecule has 118 valence electrons. The predicted octanol–water partition coefficient (Wildman–Crippen LogP) is 2.53. The van der Waals surface area contributed by atoms with Gasteiger partial charge in [-0.25, -0.2) is 8.42 Å². The van der Waals surface area contributed by atoms with Gasteiger partial charge < -0.3 is 5.32 Å². The minimum atomic E-state index is -3.40. The zero-order chi connectivity index (χ0) is 15.6. The van der Waals surface area contributed by atoms with Gasteiger partial charge in [0.15, 0.2) is 0 Å². The normalized spacial score (nSPS) is 15.9. The molecule has 0 heterocycles. The van der Waals surface area contributed by atoms with E-state index in [1.54, 1.807) is 13.1 Å². The van der Waals surface area contributed by atoms with Crippen LogP contribution in [0.3, 0.4) is 0 Å². The molecule has 1 aliphatic rings. The molecule has 0 unspecified atom stereocenters. The largest absolute Gasteiger partial charge is 0.310 e. The molecule has 1 fully saturated rings. The van der Waals surface area contributed by atoms with Gasteiger partial charge in [-0.2, -0.15) is 4.31 Å². The molecule has 0 amide bonds. The maximum atomic E-state index is 12.6. The Balaban J connectivity index is 2.29. The van der Waals surface area contributed by atoms with E-state index in [9.17, 15) is 8.42 Å². The topological polar surface area (TPSA) is 49.4 Å². The Labute approximate surface area is 128 Å². The highest BCUT2D eigenvalue weighted by molar-refractivity contribution is 7.89. The van der Waals surface area contributed by atoms with E-state index in [2.05, 4.69) is 12.2 Å². The fourth-order valence-electron chi connectivity index (χ4n) is 2.26. The highest BCUT2D eigenvalue weighted by Gasteiger charge is 2.24. The molecule has 1 aliphatic carbocycles. The van der Waals surface area contributed by atoms with Crippen LogP contribution in [0, 0.1) is 0 Å². The zero-order valence-corrected chi connectivity index (χ0v) is 14.2. The number of nitrogens with one attached hydrogen (secondary N) is 1. The highest BCUT2D eigenvalue weighted by Crippen LogP contribution is 2.23. The van der Waals surface area contributed by atoms with Gasteiger partial charge in [-0.3, -0.25) is 0 Å². The van der Waals surface area contributed by atoms with Gasteiger partial charge in [0.2, 0.25) is 10.0 Å². The third-order valence-electron chi connectivity index (χ3n) is 4.12. The van der Waals surface area contributed by atoms with Crippen molar-refractivity contribution >= 4 is 10.0 Å². The molecule has 4 nitrogen and oxygen atoms in total. The van der Waals surface area contributed by atoms with Crippen LogP contribution in [0.1, 0.15) is 44.7 Å². The van der Waals surface area contributed by atoms with Crippen molar-refractivity contribution in [1.82, 2.24) is 9.62 Å². The molecule has 1 saturated carbocycles. The lowest BCUT2D eigenvalue weighted by atomic mass is 10.1. The van der Waals surface area contributed by atoms with E-state index in [0.717, 1.165) is 18.5 Å². The molecule has 5 heteroatoms. The number of nitrogens with zero attached hydrogens (tertiary/aromatic N) is 1. The van der Waals surface area contributed by atoms with E-state index in [0.29, 0.717) is 10.9 Å². The fourth-order valence-corrected chi connectivity index (χ4v) is 3.68. The van der Waals surface area contributed by atoms with Crippen molar-refractivity contribution in [2.75, 3.05) is 7.05 Å². The number of hydrogen-bond acceptors (Lipinski definition) is 3. The lowest BCUT2D eigenvalue weighted by Crippen LogP contribution is -2.33. The van der Waals surface area contributed by atoms with Crippen LogP contribution in [0.15, 0.2) is 23.1 Å². The Morgan fingerprint density at radius 2 is 1.95 bits per heavy atom. The summed E-state index contributed by atoms with van der Waals surface area (Å²) in [5.41, 5.74) is 2.32. The average molecular weight is 310 g/mol. The molecule has 0 spiro atoms. The van der Waals surface area contributed by atoms with Gasteiger partial charge in [0.25, 0.3) is 0 Å². The second-order valence-electron chi connectivity index (χ2n) is 6.05. The van der Waals surface area contributed by atoms with Crippen molar-refractivity contribution in [3.8, 4) is 0 Å². The maximum Gasteiger partial charge on any atom is 0.243 e. The van der Waals surface area contributed by atoms with Crippen LogP contribution in [0.5, 0.6) is 0 Å². The van der Waals surface area contributed by atoms with Gasteiger partial charge in [0.05, 0.1) is 4.90 Å². The van der Waals surface area contributed by atoms with Gasteiger partial charge in [-0.15, -0.1) is 0 Å². The summed E-state index contributed by atoms with van der Waals surface area (Å²) in [5.74, 6) is 0. The van der Waals surface area contributed by atoms with Crippen molar-refractivity contribution in [2.45, 2.75) is 63.6 Å². The molecule has 1 N–H and O–H groups in total. The van der Waals surface area contributed by atoms with Crippen LogP contribution in [0.2, 0.25) is 0 Å². The Bertz CT molecular complexity index is 592. The second kappa shape index (κ2) is 6.46. The predicted molar refractivity (Wildman–Crippen MR) is 85.8 cm³/mol. The molecule has 2 rings (SSSR count). The van der Waals surface area contributed by atoms with Crippen LogP contribution in [0.25, 0.3) is 0 Å². The summed E-state index contributed by atoms with van der Waals surface area (Å²) in [5, 5.41) is 3.47. The molecular formula is C16H26N2O2S. The van der Waals surface area contributed by atoms with Crippen molar-refractivity contribution in [3.05, 3.63) is 29.3 Å². The first-order valence-electron chi connectivity index (χ1n) is 7.69. The molecule has 0 radical (unpaired) electrons. The quantitative estimate of drug-likeness (QED) is 0.842. The molecule has 21 heavy (non-hydrogen) atoms. The van der Waals surface area contributed by atoms with Crippen LogP contribution in [-0.4, -0.2) is 31.9 Å². The van der Waals surface area contributed by atoms with Crippen molar-refractivity contribution < 1.29 is 8.42 Å². The van der Waals surface area contributed by atoms with Gasteiger partial charge in [0.1, 0.15) is 0 Å². The zero-order valence-electron chi connectivity index (χ0n) is 13.4. The van der Waals surface area contributed by atoms with Gasteiger partial charge >= 0.3 is 0 Å². The van der Waals surface area contributed by atoms with Crippen LogP contribution in [0.4, 0.5) is 0 Å². The van der Waals surface area contributed by atoms with Crippen LogP contribution in [-0.2, 0) is 23.0 Å². The summed E-state index contributed by atoms with van der Waals surface area (Å²) in [6, 6.07) is 6.09. The summed E-state index contributed by atoms with van der Waals surface area (Å²) in [6.07, 6.45) is 3.38. The smallest absolute Gasteiger partial charge is 0.243 e. The number of benzene rings is 1. The number of hydrogen-bond donors (Lipinski definition) is 1. The Morgan fingerprint density at radius 1 is 1.29 bits per heavy atom. The average Bonchev–Trinajstić information content (AvgIpc) is 3.27. The van der Waals surface area contributed by atoms with E-state index in [4.69, 9.17) is 0 Å². The van der Waals surface area contributed by atoms with Crippen molar-refractivity contribution in [3.63, 3.8) is 0 Å². The summed E-state index contributed by atoms with van der Waals surface area (Å²) >= 11 is 0. The van der Waals surface area contributed by atoms with E-state index in [1.165, 1.54) is 22.7 Å². The number of sulfonamides is 1. The Morgan fingerprint density at radius 3 is 2.48 bits per heavy atom. The highest BCUT2D eigenvalue weighted by atomic mass is 32.2. The first-order chi connectivity index (χ1) is 9.86. The lowest BCUT2D eigenvalue weighted by molar-refractivity contribution is 0.410.